The van der Waals surface area contributed by atoms with Crippen LogP contribution in [0.15, 0.2) is 16.8 Å². The molecule has 0 saturated carbocycles. The van der Waals surface area contributed by atoms with E-state index in [1.807, 2.05) is 17.7 Å². The number of aryl methyl sites for hydroxylation is 1. The number of hydrogen-bond donors (Lipinski definition) is 0. The van der Waals surface area contributed by atoms with Crippen molar-refractivity contribution in [2.24, 2.45) is 0 Å². The van der Waals surface area contributed by atoms with Gasteiger partial charge in [0.25, 0.3) is 0 Å². The van der Waals surface area contributed by atoms with Crippen LogP contribution in [0.4, 0.5) is 0 Å². The Kier molecular flexibility index (Phi) is 2.72. The van der Waals surface area contributed by atoms with E-state index >= 15 is 0 Å². The van der Waals surface area contributed by atoms with Crippen molar-refractivity contribution in [3.63, 3.8) is 0 Å². The lowest BCUT2D eigenvalue weighted by molar-refractivity contribution is 1.17. The van der Waals surface area contributed by atoms with E-state index in [-0.39, 0.29) is 0 Å². The molecule has 0 aliphatic carbocycles. The van der Waals surface area contributed by atoms with Gasteiger partial charge in [0.2, 0.25) is 0 Å². The maximum absolute atomic E-state index is 5.79. The maximum atomic E-state index is 5.79. The van der Waals surface area contributed by atoms with Gasteiger partial charge >= 0.3 is 0 Å². The van der Waals surface area contributed by atoms with Gasteiger partial charge in [-0.2, -0.15) is 11.3 Å². The summed E-state index contributed by atoms with van der Waals surface area (Å²) in [7, 11) is 0. The van der Waals surface area contributed by atoms with Crippen LogP contribution >= 0.6 is 34.5 Å². The molecule has 2 aromatic heterocycles. The minimum atomic E-state index is 0.366. The van der Waals surface area contributed by atoms with Crippen molar-refractivity contribution in [1.82, 2.24) is 9.97 Å². The topological polar surface area (TPSA) is 25.8 Å². The fourth-order valence-corrected chi connectivity index (χ4v) is 2.35. The molecule has 0 spiro atoms. The molecule has 14 heavy (non-hydrogen) atoms. The van der Waals surface area contributed by atoms with E-state index in [1.54, 1.807) is 11.3 Å². The summed E-state index contributed by atoms with van der Waals surface area (Å²) in [5.74, 6) is 0.584. The minimum Gasteiger partial charge on any atom is -0.216 e. The highest BCUT2D eigenvalue weighted by atomic mass is 35.5. The minimum absolute atomic E-state index is 0.366. The molecule has 0 aliphatic heterocycles. The van der Waals surface area contributed by atoms with Crippen molar-refractivity contribution in [3.05, 3.63) is 32.7 Å². The summed E-state index contributed by atoms with van der Waals surface area (Å²) in [6.07, 6.45) is 0. The first-order valence-corrected chi connectivity index (χ1v) is 5.60. The molecule has 0 atom stereocenters. The average Bonchev–Trinajstić information content (AvgIpc) is 2.49. The van der Waals surface area contributed by atoms with Crippen molar-refractivity contribution in [2.45, 2.75) is 6.92 Å². The molecule has 0 aromatic carbocycles. The number of hydrogen-bond acceptors (Lipinski definition) is 3. The van der Waals surface area contributed by atoms with Crippen molar-refractivity contribution >= 4 is 34.5 Å². The maximum Gasteiger partial charge on any atom is 0.163 e. The molecule has 72 valence electrons. The van der Waals surface area contributed by atoms with E-state index in [1.165, 1.54) is 6.07 Å². The van der Waals surface area contributed by atoms with Gasteiger partial charge in [0, 0.05) is 17.0 Å². The number of thiophene rings is 1. The molecular weight excluding hydrogens is 239 g/mol. The first-order valence-electron chi connectivity index (χ1n) is 3.90. The molecule has 0 N–H and O–H groups in total. The summed E-state index contributed by atoms with van der Waals surface area (Å²) < 4.78 is 0. The molecule has 2 rings (SSSR count). The van der Waals surface area contributed by atoms with Gasteiger partial charge in [-0.05, 0) is 17.9 Å². The predicted molar refractivity (Wildman–Crippen MR) is 60.1 cm³/mol. The smallest absolute Gasteiger partial charge is 0.163 e. The van der Waals surface area contributed by atoms with Crippen LogP contribution in [0.3, 0.4) is 0 Å². The van der Waals surface area contributed by atoms with E-state index in [0.29, 0.717) is 16.1 Å². The van der Waals surface area contributed by atoms with E-state index < -0.39 is 0 Å². The van der Waals surface area contributed by atoms with E-state index in [2.05, 4.69) is 9.97 Å². The second-order valence-corrected chi connectivity index (χ2v) is 4.32. The molecule has 2 heterocycles. The second kappa shape index (κ2) is 3.85. The quantitative estimate of drug-likeness (QED) is 0.713. The normalized spacial score (nSPS) is 10.5. The zero-order valence-electron chi connectivity index (χ0n) is 7.29. The number of aromatic nitrogens is 2. The third kappa shape index (κ3) is 1.90. The first-order chi connectivity index (χ1) is 6.66. The summed E-state index contributed by atoms with van der Waals surface area (Å²) in [6, 6.07) is 1.52. The van der Waals surface area contributed by atoms with Gasteiger partial charge in [-0.15, -0.1) is 0 Å². The highest BCUT2D eigenvalue weighted by Gasteiger charge is 2.07. The summed E-state index contributed by atoms with van der Waals surface area (Å²) in [5.41, 5.74) is 2.12. The average molecular weight is 245 g/mol. The van der Waals surface area contributed by atoms with Crippen LogP contribution in [0.5, 0.6) is 0 Å². The largest absolute Gasteiger partial charge is 0.216 e. The van der Waals surface area contributed by atoms with E-state index in [4.69, 9.17) is 23.2 Å². The lowest BCUT2D eigenvalue weighted by atomic mass is 10.2. The van der Waals surface area contributed by atoms with Crippen molar-refractivity contribution < 1.29 is 0 Å². The fraction of sp³-hybridized carbons (Fsp3) is 0.111. The van der Waals surface area contributed by atoms with Gasteiger partial charge in [0.1, 0.15) is 10.3 Å². The molecule has 0 bridgehead atoms. The van der Waals surface area contributed by atoms with Gasteiger partial charge in [0.15, 0.2) is 5.82 Å². The molecule has 0 fully saturated rings. The highest BCUT2D eigenvalue weighted by molar-refractivity contribution is 7.08. The number of nitrogens with zero attached hydrogens (tertiary/aromatic N) is 2. The van der Waals surface area contributed by atoms with Crippen LogP contribution in [0.2, 0.25) is 10.3 Å². The van der Waals surface area contributed by atoms with Gasteiger partial charge < -0.3 is 0 Å². The van der Waals surface area contributed by atoms with Crippen LogP contribution in [0.25, 0.3) is 11.4 Å². The number of rotatable bonds is 1. The Balaban J connectivity index is 2.57. The third-order valence-electron chi connectivity index (χ3n) is 1.76. The van der Waals surface area contributed by atoms with Crippen LogP contribution in [0, 0.1) is 6.92 Å². The monoisotopic (exact) mass is 244 g/mol. The predicted octanol–water partition coefficient (Wildman–Crippen LogP) is 3.82. The van der Waals surface area contributed by atoms with E-state index in [9.17, 15) is 0 Å². The second-order valence-electron chi connectivity index (χ2n) is 2.81. The van der Waals surface area contributed by atoms with Crippen molar-refractivity contribution in [3.8, 4) is 11.4 Å². The van der Waals surface area contributed by atoms with Crippen LogP contribution < -0.4 is 0 Å². The molecule has 5 heteroatoms. The lowest BCUT2D eigenvalue weighted by Gasteiger charge is -1.99. The van der Waals surface area contributed by atoms with Crippen LogP contribution in [-0.2, 0) is 0 Å². The third-order valence-corrected chi connectivity index (χ3v) is 3.01. The summed E-state index contributed by atoms with van der Waals surface area (Å²) >= 11 is 13.2. The molecule has 0 amide bonds. The Hall–Kier alpha value is -0.640. The zero-order valence-corrected chi connectivity index (χ0v) is 9.62. The Bertz CT molecular complexity index is 447. The zero-order chi connectivity index (χ0) is 10.1. The van der Waals surface area contributed by atoms with Gasteiger partial charge in [-0.1, -0.05) is 23.2 Å². The fourth-order valence-electron chi connectivity index (χ4n) is 1.10. The summed E-state index contributed by atoms with van der Waals surface area (Å²) in [5, 5.41) is 4.75. The van der Waals surface area contributed by atoms with E-state index in [0.717, 1.165) is 11.1 Å². The Morgan fingerprint density at radius 2 is 1.79 bits per heavy atom. The van der Waals surface area contributed by atoms with Crippen molar-refractivity contribution in [2.75, 3.05) is 0 Å². The summed E-state index contributed by atoms with van der Waals surface area (Å²) in [4.78, 5) is 8.23. The van der Waals surface area contributed by atoms with Gasteiger partial charge in [-0.3, -0.25) is 0 Å². The van der Waals surface area contributed by atoms with Gasteiger partial charge in [-0.25, -0.2) is 9.97 Å². The molecule has 0 aliphatic rings. The summed E-state index contributed by atoms with van der Waals surface area (Å²) in [6.45, 7) is 2.00. The molecule has 2 aromatic rings. The molecule has 0 unspecified atom stereocenters. The van der Waals surface area contributed by atoms with Crippen LogP contribution in [-0.4, -0.2) is 9.97 Å². The Morgan fingerprint density at radius 3 is 2.29 bits per heavy atom. The van der Waals surface area contributed by atoms with Gasteiger partial charge in [0.05, 0.1) is 0 Å². The van der Waals surface area contributed by atoms with Crippen LogP contribution in [0.1, 0.15) is 5.56 Å². The lowest BCUT2D eigenvalue weighted by Crippen LogP contribution is -1.89. The molecule has 0 radical (unpaired) electrons. The first kappa shape index (κ1) is 9.90. The Morgan fingerprint density at radius 1 is 1.14 bits per heavy atom. The molecule has 2 nitrogen and oxygen atoms in total. The number of halogens is 2. The van der Waals surface area contributed by atoms with Crippen molar-refractivity contribution in [1.29, 1.82) is 0 Å². The Labute approximate surface area is 95.5 Å². The molecule has 0 saturated heterocycles. The highest BCUT2D eigenvalue weighted by Crippen LogP contribution is 2.25. The molecular formula is C9H6Cl2N2S. The standard InChI is InChI=1S/C9H6Cl2N2S/c1-5-3-14-4-6(5)9-12-7(10)2-8(11)13-9/h2-4H,1H3. The SMILES string of the molecule is Cc1cscc1-c1nc(Cl)cc(Cl)n1.